The number of rotatable bonds is 5. The first-order valence-corrected chi connectivity index (χ1v) is 12.1. The molecule has 3 N–H and O–H groups in total. The SMILES string of the molecule is CC(=O)Nc1cc(-c2c(-c3cccc(NC(=O)Nc4ccc(C(F)(F)F)cc4)c3)nn3ccsc23)ccn1. The molecule has 0 spiro atoms. The number of carbonyl (C=O) groups excluding carboxylic acids is 2. The van der Waals surface area contributed by atoms with Gasteiger partial charge in [0.05, 0.1) is 5.56 Å². The molecule has 5 aromatic rings. The minimum Gasteiger partial charge on any atom is -0.311 e. The van der Waals surface area contributed by atoms with Crippen molar-refractivity contribution < 1.29 is 22.8 Å². The Morgan fingerprint density at radius 1 is 0.921 bits per heavy atom. The average molecular weight is 537 g/mol. The second kappa shape index (κ2) is 9.98. The minimum absolute atomic E-state index is 0.218. The minimum atomic E-state index is -4.45. The zero-order valence-electron chi connectivity index (χ0n) is 19.7. The normalized spacial score (nSPS) is 11.4. The maximum Gasteiger partial charge on any atom is 0.416 e. The largest absolute Gasteiger partial charge is 0.416 e. The molecule has 0 aliphatic rings. The van der Waals surface area contributed by atoms with Crippen molar-refractivity contribution in [3.8, 4) is 22.4 Å². The number of fused-ring (bicyclic) bond motifs is 1. The smallest absolute Gasteiger partial charge is 0.311 e. The summed E-state index contributed by atoms with van der Waals surface area (Å²) < 4.78 is 40.1. The van der Waals surface area contributed by atoms with Crippen molar-refractivity contribution in [1.82, 2.24) is 14.6 Å². The van der Waals surface area contributed by atoms with Gasteiger partial charge in [0.25, 0.3) is 0 Å². The molecule has 192 valence electrons. The fourth-order valence-electron chi connectivity index (χ4n) is 3.86. The van der Waals surface area contributed by atoms with E-state index >= 15 is 0 Å². The van der Waals surface area contributed by atoms with Crippen LogP contribution in [0.3, 0.4) is 0 Å². The lowest BCUT2D eigenvalue weighted by Crippen LogP contribution is -2.19. The molecule has 38 heavy (non-hydrogen) atoms. The molecule has 0 aliphatic heterocycles. The van der Waals surface area contributed by atoms with Crippen LogP contribution < -0.4 is 16.0 Å². The van der Waals surface area contributed by atoms with Crippen LogP contribution in [0.4, 0.5) is 35.2 Å². The molecule has 0 saturated carbocycles. The predicted octanol–water partition coefficient (Wildman–Crippen LogP) is 6.75. The fourth-order valence-corrected chi connectivity index (χ4v) is 4.71. The summed E-state index contributed by atoms with van der Waals surface area (Å²) in [5.41, 5.74) is 2.89. The van der Waals surface area contributed by atoms with Crippen LogP contribution in [0.15, 0.2) is 78.4 Å². The van der Waals surface area contributed by atoms with Crippen molar-refractivity contribution in [3.63, 3.8) is 0 Å². The number of nitrogens with one attached hydrogen (secondary N) is 3. The Kier molecular flexibility index (Phi) is 6.55. The first-order valence-electron chi connectivity index (χ1n) is 11.2. The summed E-state index contributed by atoms with van der Waals surface area (Å²) in [7, 11) is 0. The zero-order chi connectivity index (χ0) is 26.9. The molecule has 0 unspecified atom stereocenters. The third kappa shape index (κ3) is 5.34. The average Bonchev–Trinajstić information content (AvgIpc) is 3.45. The second-order valence-electron chi connectivity index (χ2n) is 8.22. The Morgan fingerprint density at radius 3 is 2.42 bits per heavy atom. The molecule has 0 atom stereocenters. The highest BCUT2D eigenvalue weighted by molar-refractivity contribution is 7.16. The molecule has 5 rings (SSSR count). The molecule has 3 amide bonds. The van der Waals surface area contributed by atoms with Gasteiger partial charge in [-0.3, -0.25) is 4.79 Å². The van der Waals surface area contributed by atoms with E-state index in [9.17, 15) is 22.8 Å². The molecule has 0 saturated heterocycles. The number of nitrogens with zero attached hydrogens (tertiary/aromatic N) is 3. The van der Waals surface area contributed by atoms with Gasteiger partial charge < -0.3 is 16.0 Å². The van der Waals surface area contributed by atoms with Gasteiger partial charge in [-0.15, -0.1) is 11.3 Å². The number of halogens is 3. The molecule has 12 heteroatoms. The molecule has 3 aromatic heterocycles. The van der Waals surface area contributed by atoms with E-state index in [1.165, 1.54) is 30.4 Å². The van der Waals surface area contributed by atoms with E-state index in [4.69, 9.17) is 5.10 Å². The maximum absolute atomic E-state index is 12.8. The van der Waals surface area contributed by atoms with Crippen molar-refractivity contribution >= 4 is 45.3 Å². The number of aromatic nitrogens is 3. The number of urea groups is 1. The third-order valence-corrected chi connectivity index (χ3v) is 6.34. The topological polar surface area (TPSA) is 100 Å². The zero-order valence-corrected chi connectivity index (χ0v) is 20.5. The Labute approximate surface area is 218 Å². The maximum atomic E-state index is 12.8. The number of carbonyl (C=O) groups is 2. The highest BCUT2D eigenvalue weighted by atomic mass is 32.1. The Bertz CT molecular complexity index is 1640. The summed E-state index contributed by atoms with van der Waals surface area (Å²) in [6, 6.07) is 14.2. The highest BCUT2D eigenvalue weighted by Gasteiger charge is 2.30. The summed E-state index contributed by atoms with van der Waals surface area (Å²) >= 11 is 1.51. The molecular formula is C26H19F3N6O2S. The van der Waals surface area contributed by atoms with E-state index in [1.807, 2.05) is 23.7 Å². The van der Waals surface area contributed by atoms with Gasteiger partial charge in [-0.1, -0.05) is 12.1 Å². The van der Waals surface area contributed by atoms with Crippen molar-refractivity contribution in [1.29, 1.82) is 0 Å². The Morgan fingerprint density at radius 2 is 1.68 bits per heavy atom. The van der Waals surface area contributed by atoms with Crippen molar-refractivity contribution in [2.45, 2.75) is 13.1 Å². The first-order chi connectivity index (χ1) is 18.2. The van der Waals surface area contributed by atoms with E-state index in [0.717, 1.165) is 33.7 Å². The number of benzene rings is 2. The van der Waals surface area contributed by atoms with Gasteiger partial charge in [0.2, 0.25) is 5.91 Å². The lowest BCUT2D eigenvalue weighted by molar-refractivity contribution is -0.137. The number of alkyl halides is 3. The van der Waals surface area contributed by atoms with Crippen LogP contribution in [0.25, 0.3) is 27.2 Å². The van der Waals surface area contributed by atoms with E-state index in [-0.39, 0.29) is 11.6 Å². The molecule has 0 radical (unpaired) electrons. The van der Waals surface area contributed by atoms with Crippen molar-refractivity contribution in [3.05, 3.63) is 84.0 Å². The Balaban J connectivity index is 1.41. The van der Waals surface area contributed by atoms with E-state index in [0.29, 0.717) is 17.2 Å². The molecule has 8 nitrogen and oxygen atoms in total. The quantitative estimate of drug-likeness (QED) is 0.231. The van der Waals surface area contributed by atoms with Crippen LogP contribution in [0, 0.1) is 0 Å². The predicted molar refractivity (Wildman–Crippen MR) is 140 cm³/mol. The summed E-state index contributed by atoms with van der Waals surface area (Å²) in [4.78, 5) is 29.1. The Hall–Kier alpha value is -4.71. The number of pyridine rings is 1. The third-order valence-electron chi connectivity index (χ3n) is 5.46. The molecule has 0 aliphatic carbocycles. The van der Waals surface area contributed by atoms with Gasteiger partial charge in [0.1, 0.15) is 16.3 Å². The van der Waals surface area contributed by atoms with E-state index in [1.54, 1.807) is 35.0 Å². The lowest BCUT2D eigenvalue weighted by Gasteiger charge is -2.11. The fraction of sp³-hybridized carbons (Fsp3) is 0.0769. The summed E-state index contributed by atoms with van der Waals surface area (Å²) in [5.74, 6) is 0.173. The summed E-state index contributed by atoms with van der Waals surface area (Å²) in [5, 5.41) is 14.6. The van der Waals surface area contributed by atoms with Gasteiger partial charge >= 0.3 is 12.2 Å². The van der Waals surface area contributed by atoms with Crippen LogP contribution in [-0.4, -0.2) is 26.5 Å². The molecule has 2 aromatic carbocycles. The van der Waals surface area contributed by atoms with Gasteiger partial charge in [-0.25, -0.2) is 14.3 Å². The van der Waals surface area contributed by atoms with Crippen LogP contribution in [-0.2, 0) is 11.0 Å². The van der Waals surface area contributed by atoms with Crippen LogP contribution in [0.2, 0.25) is 0 Å². The molecule has 0 fully saturated rings. The van der Waals surface area contributed by atoms with Gasteiger partial charge in [-0.2, -0.15) is 18.3 Å². The van der Waals surface area contributed by atoms with Crippen molar-refractivity contribution in [2.75, 3.05) is 16.0 Å². The summed E-state index contributed by atoms with van der Waals surface area (Å²) in [6.45, 7) is 1.41. The number of anilines is 3. The molecule has 3 heterocycles. The van der Waals surface area contributed by atoms with Gasteiger partial charge in [0, 0.05) is 47.2 Å². The summed E-state index contributed by atoms with van der Waals surface area (Å²) in [6.07, 6.45) is -1.02. The molecule has 0 bridgehead atoms. The van der Waals surface area contributed by atoms with E-state index < -0.39 is 17.8 Å². The second-order valence-corrected chi connectivity index (χ2v) is 9.12. The monoisotopic (exact) mass is 536 g/mol. The first kappa shape index (κ1) is 25.0. The van der Waals surface area contributed by atoms with Gasteiger partial charge in [0.15, 0.2) is 0 Å². The standard InChI is InChI=1S/C26H19F3N6O2S/c1-15(36)31-21-14-16(9-10-30-21)22-23(34-35-11-12-38-24(22)35)17-3-2-4-20(13-17)33-25(37)32-19-7-5-18(6-8-19)26(27,28)29/h2-14H,1H3,(H,30,31,36)(H2,32,33,37). The van der Waals surface area contributed by atoms with Crippen LogP contribution in [0.1, 0.15) is 12.5 Å². The lowest BCUT2D eigenvalue weighted by atomic mass is 10.0. The number of hydrogen-bond acceptors (Lipinski definition) is 5. The van der Waals surface area contributed by atoms with Crippen LogP contribution in [0.5, 0.6) is 0 Å². The number of amides is 3. The molecular weight excluding hydrogens is 517 g/mol. The number of hydrogen-bond donors (Lipinski definition) is 3. The van der Waals surface area contributed by atoms with Crippen molar-refractivity contribution in [2.24, 2.45) is 0 Å². The van der Waals surface area contributed by atoms with Gasteiger partial charge in [-0.05, 0) is 54.1 Å². The van der Waals surface area contributed by atoms with Crippen LogP contribution >= 0.6 is 11.3 Å². The number of thiazole rings is 1. The highest BCUT2D eigenvalue weighted by Crippen LogP contribution is 2.38. The van der Waals surface area contributed by atoms with E-state index in [2.05, 4.69) is 20.9 Å².